The molecule has 0 bridgehead atoms. The van der Waals surface area contributed by atoms with E-state index >= 15 is 0 Å². The van der Waals surface area contributed by atoms with Gasteiger partial charge >= 0.3 is 18.3 Å². The van der Waals surface area contributed by atoms with Crippen LogP contribution >= 0.6 is 0 Å². The van der Waals surface area contributed by atoms with Crippen molar-refractivity contribution in [1.29, 1.82) is 0 Å². The van der Waals surface area contributed by atoms with E-state index in [1.165, 1.54) is 34.1 Å². The first-order valence-electron chi connectivity index (χ1n) is 11.7. The SMILES string of the molecule is [Ac].[Ac].[NH-]C[C@H]1CN(c2ccc(OC[C@@H]3CN(c4ccc(N5C[C@H](C[NH-])OC5=O)cc4F)C(=O)O3)c(F)c2)C(=O)O1. The number of rotatable bonds is 8. The predicted octanol–water partition coefficient (Wildman–Crippen LogP) is 4.12. The zero-order valence-corrected chi connectivity index (χ0v) is 30.5. The Hall–Kier alpha value is -1.29. The molecular weight excluding hydrogens is 962 g/mol. The molecule has 3 aliphatic heterocycles. The summed E-state index contributed by atoms with van der Waals surface area (Å²) in [6.07, 6.45) is -4.15. The van der Waals surface area contributed by atoms with Gasteiger partial charge in [0.05, 0.1) is 36.7 Å². The Morgan fingerprint density at radius 3 is 1.70 bits per heavy atom. The van der Waals surface area contributed by atoms with E-state index in [-0.39, 0.29) is 150 Å². The second-order valence-electron chi connectivity index (χ2n) is 8.82. The quantitative estimate of drug-likeness (QED) is 0.362. The summed E-state index contributed by atoms with van der Waals surface area (Å²) >= 11 is 0. The van der Waals surface area contributed by atoms with E-state index < -0.39 is 48.2 Å². The van der Waals surface area contributed by atoms with Crippen LogP contribution < -0.4 is 19.4 Å². The summed E-state index contributed by atoms with van der Waals surface area (Å²) in [7, 11) is 0. The van der Waals surface area contributed by atoms with Gasteiger partial charge in [0.25, 0.3) is 0 Å². The minimum absolute atomic E-state index is 0. The molecule has 5 rings (SSSR count). The van der Waals surface area contributed by atoms with Gasteiger partial charge in [-0.3, -0.25) is 14.7 Å². The van der Waals surface area contributed by atoms with E-state index in [1.54, 1.807) is 0 Å². The van der Waals surface area contributed by atoms with Gasteiger partial charge in [0.2, 0.25) is 0 Å². The largest absolute Gasteiger partial charge is 0.674 e. The fourth-order valence-electron chi connectivity index (χ4n) is 4.32. The standard InChI is InChI=1S/C24H23F2N5O7.2Ac/c25-18-5-13(29-9-15(7-27)36-22(29)32)1-3-20(18)31-11-17(38-24(31)34)12-35-21-4-2-14(6-19(21)26)30-10-16(8-28)37-23(30)33;;/h1-6,15-17,27-28H,7-12H2;;/q-2;;/t15-,16-,17-;;/m0../s1. The first-order valence-corrected chi connectivity index (χ1v) is 11.7. The molecule has 3 atom stereocenters. The van der Waals surface area contributed by atoms with E-state index in [1.807, 2.05) is 0 Å². The molecule has 3 aliphatic rings. The van der Waals surface area contributed by atoms with Crippen molar-refractivity contribution in [1.82, 2.24) is 0 Å². The Balaban J connectivity index is 0.00000220. The van der Waals surface area contributed by atoms with Crippen LogP contribution in [-0.4, -0.2) is 75.9 Å². The van der Waals surface area contributed by atoms with Crippen molar-refractivity contribution in [2.75, 3.05) is 54.0 Å². The maximum absolute atomic E-state index is 14.9. The Morgan fingerprint density at radius 2 is 1.20 bits per heavy atom. The molecule has 0 spiro atoms. The number of nitrogens with one attached hydrogen (secondary N) is 2. The third-order valence-corrected chi connectivity index (χ3v) is 6.26. The van der Waals surface area contributed by atoms with Crippen LogP contribution in [0.5, 0.6) is 5.75 Å². The number of cyclic esters (lactones) is 3. The summed E-state index contributed by atoms with van der Waals surface area (Å²) < 4.78 is 50.3. The van der Waals surface area contributed by atoms with Gasteiger partial charge in [-0.15, -0.1) is 13.1 Å². The third kappa shape index (κ3) is 7.01. The molecule has 2 aromatic carbocycles. The summed E-state index contributed by atoms with van der Waals surface area (Å²) in [5.41, 5.74) is 15.1. The molecule has 3 amide bonds. The van der Waals surface area contributed by atoms with Gasteiger partial charge in [0.1, 0.15) is 24.6 Å². The molecule has 3 fully saturated rings. The number of carbonyl (C=O) groups is 3. The van der Waals surface area contributed by atoms with E-state index in [4.69, 9.17) is 30.4 Å². The number of nitrogens with zero attached hydrogens (tertiary/aromatic N) is 3. The minimum Gasteiger partial charge on any atom is -0.674 e. The number of hydrogen-bond donors (Lipinski definition) is 0. The molecule has 2 N–H and O–H groups in total. The fourth-order valence-corrected chi connectivity index (χ4v) is 4.32. The monoisotopic (exact) mass is 985 g/mol. The minimum atomic E-state index is -0.821. The first-order chi connectivity index (χ1) is 18.3. The second kappa shape index (κ2) is 14.3. The van der Waals surface area contributed by atoms with Crippen molar-refractivity contribution >= 4 is 35.3 Å². The second-order valence-corrected chi connectivity index (χ2v) is 8.82. The van der Waals surface area contributed by atoms with Crippen molar-refractivity contribution in [2.24, 2.45) is 0 Å². The molecule has 2 radical (unpaired) electrons. The molecule has 12 nitrogen and oxygen atoms in total. The van der Waals surface area contributed by atoms with E-state index in [0.29, 0.717) is 0 Å². The van der Waals surface area contributed by atoms with Gasteiger partial charge in [0, 0.05) is 94.2 Å². The number of carbonyl (C=O) groups excluding carboxylic acids is 3. The van der Waals surface area contributed by atoms with Crippen molar-refractivity contribution in [2.45, 2.75) is 18.3 Å². The van der Waals surface area contributed by atoms with Gasteiger partial charge in [-0.1, -0.05) is 0 Å². The average molecular weight is 985 g/mol. The molecule has 3 saturated heterocycles. The molecule has 40 heavy (non-hydrogen) atoms. The summed E-state index contributed by atoms with van der Waals surface area (Å²) in [6.45, 7) is -0.217. The summed E-state index contributed by atoms with van der Waals surface area (Å²) in [5, 5.41) is 0. The maximum atomic E-state index is 14.9. The van der Waals surface area contributed by atoms with Crippen molar-refractivity contribution in [3.8, 4) is 5.75 Å². The molecule has 0 unspecified atom stereocenters. The fraction of sp³-hybridized carbons (Fsp3) is 0.375. The van der Waals surface area contributed by atoms with Crippen LogP contribution in [0, 0.1) is 99.8 Å². The van der Waals surface area contributed by atoms with Gasteiger partial charge in [0.15, 0.2) is 17.7 Å². The number of amides is 3. The average Bonchev–Trinajstić information content (AvgIpc) is 3.59. The van der Waals surface area contributed by atoms with Gasteiger partial charge in [-0.25, -0.2) is 23.2 Å². The van der Waals surface area contributed by atoms with Crippen LogP contribution in [0.15, 0.2) is 36.4 Å². The Kier molecular flexibility index (Phi) is 11.8. The van der Waals surface area contributed by atoms with Crippen molar-refractivity contribution in [3.05, 3.63) is 59.5 Å². The van der Waals surface area contributed by atoms with Crippen LogP contribution in [0.1, 0.15) is 0 Å². The molecule has 0 saturated carbocycles. The van der Waals surface area contributed by atoms with E-state index in [0.717, 1.165) is 17.0 Å². The van der Waals surface area contributed by atoms with Crippen LogP contribution in [-0.2, 0) is 14.2 Å². The Morgan fingerprint density at radius 1 is 0.725 bits per heavy atom. The summed E-state index contributed by atoms with van der Waals surface area (Å²) in [6, 6.07) is 7.80. The zero-order chi connectivity index (χ0) is 27.0. The van der Waals surface area contributed by atoms with Gasteiger partial charge < -0.3 is 30.4 Å². The molecule has 208 valence electrons. The van der Waals surface area contributed by atoms with Crippen LogP contribution in [0.3, 0.4) is 0 Å². The molecule has 2 aromatic rings. The van der Waals surface area contributed by atoms with Gasteiger partial charge in [-0.05, 0) is 30.3 Å². The smallest absolute Gasteiger partial charge is 0.414 e. The van der Waals surface area contributed by atoms with Gasteiger partial charge in [-0.2, -0.15) is 0 Å². The molecular formula is C24H23Ac2F2N5O7-2. The number of benzene rings is 2. The summed E-state index contributed by atoms with van der Waals surface area (Å²) in [5.74, 6) is -1.65. The first kappa shape index (κ1) is 33.2. The molecule has 3 heterocycles. The van der Waals surface area contributed by atoms with E-state index in [2.05, 4.69) is 0 Å². The molecule has 16 heteroatoms. The number of hydrogen-bond acceptors (Lipinski definition) is 7. The van der Waals surface area contributed by atoms with Crippen LogP contribution in [0.25, 0.3) is 11.5 Å². The van der Waals surface area contributed by atoms with Crippen LogP contribution in [0.2, 0.25) is 0 Å². The van der Waals surface area contributed by atoms with E-state index in [9.17, 15) is 23.2 Å². The maximum Gasteiger partial charge on any atom is 0.414 e. The summed E-state index contributed by atoms with van der Waals surface area (Å²) in [4.78, 5) is 39.8. The number of anilines is 3. The third-order valence-electron chi connectivity index (χ3n) is 6.26. The van der Waals surface area contributed by atoms with Crippen molar-refractivity contribution < 1.29 is 130 Å². The van der Waals surface area contributed by atoms with Crippen LogP contribution in [0.4, 0.5) is 40.2 Å². The Labute approximate surface area is 299 Å². The molecule has 0 aliphatic carbocycles. The number of halogens is 2. The molecule has 0 aromatic heterocycles. The Bertz CT molecular complexity index is 1280. The topological polar surface area (TPSA) is 145 Å². The van der Waals surface area contributed by atoms with Crippen molar-refractivity contribution in [3.63, 3.8) is 0 Å². The zero-order valence-electron chi connectivity index (χ0n) is 21.0. The number of ether oxygens (including phenoxy) is 4. The normalized spacial score (nSPS) is 21.9. The predicted molar refractivity (Wildman–Crippen MR) is 130 cm³/mol.